The number of hydrogen-bond donors (Lipinski definition) is 1. The molecule has 2 aliphatic heterocycles. The van der Waals surface area contributed by atoms with E-state index in [1.807, 2.05) is 39.9 Å². The summed E-state index contributed by atoms with van der Waals surface area (Å²) < 4.78 is 1.97. The monoisotopic (exact) mass is 310 g/mol. The van der Waals surface area contributed by atoms with Gasteiger partial charge in [-0.05, 0) is 37.0 Å². The smallest absolute Gasteiger partial charge is 0.278 e. The molecule has 23 heavy (non-hydrogen) atoms. The Kier molecular flexibility index (Phi) is 3.36. The first kappa shape index (κ1) is 14.3. The highest BCUT2D eigenvalue weighted by molar-refractivity contribution is 6.07. The maximum atomic E-state index is 13.1. The number of para-hydroxylation sites is 2. The number of carbonyl (C=O) groups excluding carboxylic acids is 1. The van der Waals surface area contributed by atoms with Gasteiger partial charge in [-0.25, -0.2) is 0 Å². The van der Waals surface area contributed by atoms with Crippen molar-refractivity contribution in [2.45, 2.75) is 39.3 Å². The molecular weight excluding hydrogens is 288 g/mol. The molecule has 1 unspecified atom stereocenters. The molecule has 1 amide bonds. The van der Waals surface area contributed by atoms with Gasteiger partial charge in [-0.1, -0.05) is 26.0 Å². The van der Waals surface area contributed by atoms with Crippen molar-refractivity contribution in [2.75, 3.05) is 16.8 Å². The Morgan fingerprint density at radius 1 is 1.35 bits per heavy atom. The fourth-order valence-corrected chi connectivity index (χ4v) is 3.44. The lowest BCUT2D eigenvalue weighted by atomic mass is 9.99. The van der Waals surface area contributed by atoms with Crippen LogP contribution in [0, 0.1) is 5.92 Å². The van der Waals surface area contributed by atoms with Crippen LogP contribution in [0.1, 0.15) is 36.5 Å². The first-order valence-corrected chi connectivity index (χ1v) is 8.37. The van der Waals surface area contributed by atoms with E-state index in [0.29, 0.717) is 18.2 Å². The predicted octanol–water partition coefficient (Wildman–Crippen LogP) is 2.93. The Bertz CT molecular complexity index is 728. The second kappa shape index (κ2) is 5.41. The summed E-state index contributed by atoms with van der Waals surface area (Å²) in [6.07, 6.45) is 2.15. The molecular formula is C18H22N4O. The molecule has 2 aromatic rings. The van der Waals surface area contributed by atoms with Gasteiger partial charge in [-0.3, -0.25) is 9.48 Å². The molecule has 5 nitrogen and oxygen atoms in total. The topological polar surface area (TPSA) is 50.2 Å². The largest absolute Gasteiger partial charge is 0.379 e. The predicted molar refractivity (Wildman–Crippen MR) is 90.9 cm³/mol. The molecule has 1 N–H and O–H groups in total. The molecule has 4 rings (SSSR count). The third kappa shape index (κ3) is 2.40. The molecule has 0 saturated heterocycles. The molecule has 0 saturated carbocycles. The van der Waals surface area contributed by atoms with Crippen LogP contribution < -0.4 is 10.2 Å². The number of nitrogens with zero attached hydrogens (tertiary/aromatic N) is 3. The van der Waals surface area contributed by atoms with Gasteiger partial charge in [-0.15, -0.1) is 0 Å². The Morgan fingerprint density at radius 2 is 2.17 bits per heavy atom. The fourth-order valence-electron chi connectivity index (χ4n) is 3.44. The summed E-state index contributed by atoms with van der Waals surface area (Å²) in [4.78, 5) is 14.9. The van der Waals surface area contributed by atoms with Gasteiger partial charge in [0.2, 0.25) is 0 Å². The van der Waals surface area contributed by atoms with E-state index in [2.05, 4.69) is 24.3 Å². The van der Waals surface area contributed by atoms with Crippen molar-refractivity contribution >= 4 is 17.3 Å². The summed E-state index contributed by atoms with van der Waals surface area (Å²) in [7, 11) is 0. The SMILES string of the molecule is CC(C)C1CN(C(=O)c2cc3n(n2)CCC3)c2ccccc2N1. The van der Waals surface area contributed by atoms with Crippen LogP contribution in [0.3, 0.4) is 0 Å². The molecule has 1 aromatic carbocycles. The molecule has 1 aromatic heterocycles. The highest BCUT2D eigenvalue weighted by atomic mass is 16.2. The normalized spacial score (nSPS) is 19.4. The molecule has 5 heteroatoms. The summed E-state index contributed by atoms with van der Waals surface area (Å²) in [6.45, 7) is 5.96. The van der Waals surface area contributed by atoms with Crippen molar-refractivity contribution in [3.63, 3.8) is 0 Å². The van der Waals surface area contributed by atoms with Gasteiger partial charge >= 0.3 is 0 Å². The highest BCUT2D eigenvalue weighted by Gasteiger charge is 2.31. The van der Waals surface area contributed by atoms with Gasteiger partial charge in [0.05, 0.1) is 11.4 Å². The molecule has 0 aliphatic carbocycles. The van der Waals surface area contributed by atoms with Gasteiger partial charge in [-0.2, -0.15) is 5.10 Å². The molecule has 0 fully saturated rings. The number of anilines is 2. The quantitative estimate of drug-likeness (QED) is 0.928. The zero-order valence-electron chi connectivity index (χ0n) is 13.6. The van der Waals surface area contributed by atoms with E-state index >= 15 is 0 Å². The average molecular weight is 310 g/mol. The van der Waals surface area contributed by atoms with Gasteiger partial charge in [0.25, 0.3) is 5.91 Å². The van der Waals surface area contributed by atoms with Crippen LogP contribution in [-0.4, -0.2) is 28.3 Å². The standard InChI is InChI=1S/C18H22N4O/c1-12(2)16-11-21(17-8-4-3-7-14(17)19-16)18(23)15-10-13-6-5-9-22(13)20-15/h3-4,7-8,10,12,16,19H,5-6,9,11H2,1-2H3. The summed E-state index contributed by atoms with van der Waals surface area (Å²) in [5.41, 5.74) is 3.72. The van der Waals surface area contributed by atoms with Crippen molar-refractivity contribution in [3.8, 4) is 0 Å². The van der Waals surface area contributed by atoms with Gasteiger partial charge < -0.3 is 10.2 Å². The number of amides is 1. The van der Waals surface area contributed by atoms with Crippen LogP contribution in [0.2, 0.25) is 0 Å². The molecule has 120 valence electrons. The molecule has 0 bridgehead atoms. The van der Waals surface area contributed by atoms with Crippen molar-refractivity contribution in [1.82, 2.24) is 9.78 Å². The summed E-state index contributed by atoms with van der Waals surface area (Å²) in [6, 6.07) is 10.2. The van der Waals surface area contributed by atoms with Crippen molar-refractivity contribution in [3.05, 3.63) is 41.7 Å². The second-order valence-corrected chi connectivity index (χ2v) is 6.78. The van der Waals surface area contributed by atoms with Crippen LogP contribution >= 0.6 is 0 Å². The van der Waals surface area contributed by atoms with E-state index in [4.69, 9.17) is 0 Å². The molecule has 2 aliphatic rings. The maximum absolute atomic E-state index is 13.1. The van der Waals surface area contributed by atoms with Gasteiger partial charge in [0.1, 0.15) is 0 Å². The first-order chi connectivity index (χ1) is 11.1. The summed E-state index contributed by atoms with van der Waals surface area (Å²) >= 11 is 0. The zero-order chi connectivity index (χ0) is 16.0. The minimum Gasteiger partial charge on any atom is -0.379 e. The number of nitrogens with one attached hydrogen (secondary N) is 1. The molecule has 3 heterocycles. The molecule has 1 atom stereocenters. The summed E-state index contributed by atoms with van der Waals surface area (Å²) in [5.74, 6) is 0.456. The van der Waals surface area contributed by atoms with E-state index in [1.165, 1.54) is 5.69 Å². The minimum atomic E-state index is 0.00602. The first-order valence-electron chi connectivity index (χ1n) is 8.37. The Balaban J connectivity index is 1.69. The van der Waals surface area contributed by atoms with Gasteiger partial charge in [0.15, 0.2) is 5.69 Å². The third-order valence-electron chi connectivity index (χ3n) is 4.85. The van der Waals surface area contributed by atoms with Crippen LogP contribution in [0.25, 0.3) is 0 Å². The number of aryl methyl sites for hydroxylation is 2. The fraction of sp³-hybridized carbons (Fsp3) is 0.444. The van der Waals surface area contributed by atoms with E-state index in [-0.39, 0.29) is 11.9 Å². The Morgan fingerprint density at radius 3 is 2.96 bits per heavy atom. The van der Waals surface area contributed by atoms with Crippen molar-refractivity contribution in [2.24, 2.45) is 5.92 Å². The number of rotatable bonds is 2. The lowest BCUT2D eigenvalue weighted by molar-refractivity contribution is 0.0978. The Hall–Kier alpha value is -2.30. The number of fused-ring (bicyclic) bond motifs is 2. The lowest BCUT2D eigenvalue weighted by Gasteiger charge is -2.37. The third-order valence-corrected chi connectivity index (χ3v) is 4.85. The number of aromatic nitrogens is 2. The van der Waals surface area contributed by atoms with E-state index < -0.39 is 0 Å². The lowest BCUT2D eigenvalue weighted by Crippen LogP contribution is -2.47. The van der Waals surface area contributed by atoms with Crippen LogP contribution in [0.15, 0.2) is 30.3 Å². The maximum Gasteiger partial charge on any atom is 0.278 e. The minimum absolute atomic E-state index is 0.00602. The average Bonchev–Trinajstić information content (AvgIpc) is 3.14. The van der Waals surface area contributed by atoms with E-state index in [1.54, 1.807) is 0 Å². The zero-order valence-corrected chi connectivity index (χ0v) is 13.6. The van der Waals surface area contributed by atoms with E-state index in [0.717, 1.165) is 30.8 Å². The van der Waals surface area contributed by atoms with Crippen LogP contribution in [0.5, 0.6) is 0 Å². The molecule has 0 spiro atoms. The molecule has 0 radical (unpaired) electrons. The number of benzene rings is 1. The Labute approximate surface area is 136 Å². The number of hydrogen-bond acceptors (Lipinski definition) is 3. The second-order valence-electron chi connectivity index (χ2n) is 6.78. The van der Waals surface area contributed by atoms with Crippen molar-refractivity contribution < 1.29 is 4.79 Å². The van der Waals surface area contributed by atoms with E-state index in [9.17, 15) is 4.79 Å². The highest BCUT2D eigenvalue weighted by Crippen LogP contribution is 2.33. The van der Waals surface area contributed by atoms with Gasteiger partial charge in [0, 0.05) is 24.8 Å². The van der Waals surface area contributed by atoms with Crippen LogP contribution in [-0.2, 0) is 13.0 Å². The van der Waals surface area contributed by atoms with Crippen LogP contribution in [0.4, 0.5) is 11.4 Å². The van der Waals surface area contributed by atoms with Crippen molar-refractivity contribution in [1.29, 1.82) is 0 Å². The number of carbonyl (C=O) groups is 1. The summed E-state index contributed by atoms with van der Waals surface area (Å²) in [5, 5.41) is 8.07.